The predicted octanol–water partition coefficient (Wildman–Crippen LogP) is 4.49. The van der Waals surface area contributed by atoms with Crippen molar-refractivity contribution in [1.82, 2.24) is 19.3 Å². The minimum absolute atomic E-state index is 0.0639. The summed E-state index contributed by atoms with van der Waals surface area (Å²) in [4.78, 5) is 17.7. The molecule has 2 N–H and O–H groups in total. The first-order valence-corrected chi connectivity index (χ1v) is 10.1. The van der Waals surface area contributed by atoms with Gasteiger partial charge in [0.25, 0.3) is 5.56 Å². The summed E-state index contributed by atoms with van der Waals surface area (Å²) in [5.41, 5.74) is 2.72. The van der Waals surface area contributed by atoms with Gasteiger partial charge in [0.1, 0.15) is 0 Å². The van der Waals surface area contributed by atoms with Gasteiger partial charge in [-0.2, -0.15) is 0 Å². The summed E-state index contributed by atoms with van der Waals surface area (Å²) >= 11 is 0. The fourth-order valence-corrected chi connectivity index (χ4v) is 3.48. The quantitative estimate of drug-likeness (QED) is 0.525. The third-order valence-electron chi connectivity index (χ3n) is 4.90. The second-order valence-electron chi connectivity index (χ2n) is 7.02. The first kappa shape index (κ1) is 18.5. The Hall–Kier alpha value is -2.24. The lowest BCUT2D eigenvalue weighted by atomic mass is 10.2. The van der Waals surface area contributed by atoms with E-state index in [0.29, 0.717) is 0 Å². The number of nitrogens with zero attached hydrogens (tertiary/aromatic N) is 3. The largest absolute Gasteiger partial charge is 0.384 e. The lowest BCUT2D eigenvalue weighted by Crippen LogP contribution is -2.15. The van der Waals surface area contributed by atoms with E-state index in [1.54, 1.807) is 4.57 Å². The number of anilines is 1. The van der Waals surface area contributed by atoms with Crippen molar-refractivity contribution < 1.29 is 0 Å². The van der Waals surface area contributed by atoms with Crippen LogP contribution in [-0.4, -0.2) is 25.9 Å². The highest BCUT2D eigenvalue weighted by atomic mass is 16.1. The van der Waals surface area contributed by atoms with Crippen molar-refractivity contribution in [2.75, 3.05) is 11.9 Å². The Morgan fingerprint density at radius 3 is 2.62 bits per heavy atom. The van der Waals surface area contributed by atoms with Crippen LogP contribution in [0.5, 0.6) is 0 Å². The van der Waals surface area contributed by atoms with Crippen molar-refractivity contribution >= 4 is 27.6 Å². The summed E-state index contributed by atoms with van der Waals surface area (Å²) in [6.45, 7) is 8.99. The van der Waals surface area contributed by atoms with Crippen LogP contribution in [0, 0.1) is 0 Å². The minimum atomic E-state index is 0.0639. The van der Waals surface area contributed by atoms with E-state index >= 15 is 0 Å². The van der Waals surface area contributed by atoms with Crippen LogP contribution in [0.25, 0.3) is 21.9 Å². The highest BCUT2D eigenvalue weighted by Gasteiger charge is 2.18. The number of hydrogen-bond donors (Lipinski definition) is 2. The Bertz CT molecular complexity index is 918. The third-order valence-corrected chi connectivity index (χ3v) is 4.90. The average Bonchev–Trinajstić information content (AvgIpc) is 3.17. The number of H-pyrrole nitrogens is 1. The maximum Gasteiger partial charge on any atom is 0.262 e. The highest BCUT2D eigenvalue weighted by molar-refractivity contribution is 6.06. The second kappa shape index (κ2) is 8.43. The van der Waals surface area contributed by atoms with E-state index in [1.165, 1.54) is 12.8 Å². The number of fused-ring (bicyclic) bond motifs is 2. The molecule has 0 radical (unpaired) electrons. The van der Waals surface area contributed by atoms with Crippen molar-refractivity contribution in [3.63, 3.8) is 0 Å². The van der Waals surface area contributed by atoms with E-state index in [4.69, 9.17) is 4.98 Å². The Labute approximate surface area is 154 Å². The normalized spacial score (nSPS) is 11.7. The van der Waals surface area contributed by atoms with Gasteiger partial charge in [-0.25, -0.2) is 4.98 Å². The van der Waals surface area contributed by atoms with E-state index in [2.05, 4.69) is 35.9 Å². The van der Waals surface area contributed by atoms with Gasteiger partial charge in [0.2, 0.25) is 0 Å². The molecular weight excluding hydrogens is 326 g/mol. The van der Waals surface area contributed by atoms with Crippen LogP contribution < -0.4 is 10.9 Å². The fourth-order valence-electron chi connectivity index (χ4n) is 3.48. The van der Waals surface area contributed by atoms with Gasteiger partial charge in [0, 0.05) is 32.0 Å². The molecule has 26 heavy (non-hydrogen) atoms. The van der Waals surface area contributed by atoms with E-state index in [1.807, 2.05) is 12.4 Å². The van der Waals surface area contributed by atoms with Crippen LogP contribution in [0.15, 0.2) is 17.2 Å². The van der Waals surface area contributed by atoms with Gasteiger partial charge in [-0.3, -0.25) is 9.48 Å². The maximum atomic E-state index is 12.9. The Kier molecular flexibility index (Phi) is 6.01. The molecule has 0 saturated carbocycles. The molecule has 0 aliphatic heterocycles. The molecule has 6 heteroatoms. The molecule has 3 heterocycles. The predicted molar refractivity (Wildman–Crippen MR) is 109 cm³/mol. The minimum Gasteiger partial charge on any atom is -0.384 e. The number of unbranched alkanes of at least 4 members (excludes halogenated alkanes) is 3. The molecule has 0 aliphatic carbocycles. The summed E-state index contributed by atoms with van der Waals surface area (Å²) in [6, 6.07) is 0. The van der Waals surface area contributed by atoms with Gasteiger partial charge in [-0.1, -0.05) is 40.0 Å². The van der Waals surface area contributed by atoms with Crippen LogP contribution in [-0.2, 0) is 13.1 Å². The standard InChI is InChI=1S/C20H31N5O/c1-4-7-9-12-25-19-15(13-22-25)18(21-10-8-5-2)17-16(23-19)14-24(11-6-3)20(17)26/h13-14,21-22H,4-12H2,1-3H3. The number of aryl methyl sites for hydroxylation is 2. The Balaban J connectivity index is 2.12. The monoisotopic (exact) mass is 357 g/mol. The summed E-state index contributed by atoms with van der Waals surface area (Å²) in [5.74, 6) is 0. The van der Waals surface area contributed by atoms with Crippen molar-refractivity contribution in [3.05, 3.63) is 22.7 Å². The van der Waals surface area contributed by atoms with E-state index in [0.717, 1.165) is 72.9 Å². The second-order valence-corrected chi connectivity index (χ2v) is 7.02. The molecule has 3 aromatic rings. The summed E-state index contributed by atoms with van der Waals surface area (Å²) in [6.07, 6.45) is 10.6. The number of aromatic nitrogens is 4. The van der Waals surface area contributed by atoms with Crippen LogP contribution in [0.3, 0.4) is 0 Å². The fraction of sp³-hybridized carbons (Fsp3) is 0.600. The number of rotatable bonds is 10. The lowest BCUT2D eigenvalue weighted by molar-refractivity contribution is 0.564. The summed E-state index contributed by atoms with van der Waals surface area (Å²) < 4.78 is 3.91. The van der Waals surface area contributed by atoms with Crippen LogP contribution in [0.1, 0.15) is 59.3 Å². The molecule has 3 rings (SSSR count). The first-order valence-electron chi connectivity index (χ1n) is 10.1. The van der Waals surface area contributed by atoms with Gasteiger partial charge >= 0.3 is 0 Å². The number of nitrogens with one attached hydrogen (secondary N) is 2. The first-order chi connectivity index (χ1) is 12.7. The smallest absolute Gasteiger partial charge is 0.262 e. The van der Waals surface area contributed by atoms with Crippen LogP contribution in [0.2, 0.25) is 0 Å². The zero-order chi connectivity index (χ0) is 18.5. The van der Waals surface area contributed by atoms with Gasteiger partial charge in [-0.15, -0.1) is 0 Å². The lowest BCUT2D eigenvalue weighted by Gasteiger charge is -2.09. The van der Waals surface area contributed by atoms with Gasteiger partial charge in [-0.05, 0) is 19.3 Å². The van der Waals surface area contributed by atoms with Crippen molar-refractivity contribution in [3.8, 4) is 0 Å². The molecule has 0 spiro atoms. The molecule has 0 atom stereocenters. The SMILES string of the molecule is CCCCCn1[nH]cc2c(NCCCC)c3c(=O)n(CCC)cc3nc21. The van der Waals surface area contributed by atoms with Crippen molar-refractivity contribution in [2.24, 2.45) is 0 Å². The third kappa shape index (κ3) is 3.50. The number of pyridine rings is 1. The maximum absolute atomic E-state index is 12.9. The Morgan fingerprint density at radius 2 is 1.88 bits per heavy atom. The zero-order valence-corrected chi connectivity index (χ0v) is 16.3. The zero-order valence-electron chi connectivity index (χ0n) is 16.3. The van der Waals surface area contributed by atoms with Gasteiger partial charge in [0.05, 0.1) is 22.0 Å². The molecule has 142 valence electrons. The molecule has 0 bridgehead atoms. The topological polar surface area (TPSA) is 67.6 Å². The van der Waals surface area contributed by atoms with E-state index in [9.17, 15) is 4.79 Å². The molecule has 0 aromatic carbocycles. The van der Waals surface area contributed by atoms with Crippen LogP contribution in [0.4, 0.5) is 5.69 Å². The van der Waals surface area contributed by atoms with Gasteiger partial charge in [0.15, 0.2) is 5.65 Å². The summed E-state index contributed by atoms with van der Waals surface area (Å²) in [5, 5.41) is 8.59. The summed E-state index contributed by atoms with van der Waals surface area (Å²) in [7, 11) is 0. The van der Waals surface area contributed by atoms with E-state index in [-0.39, 0.29) is 5.56 Å². The molecule has 0 unspecified atom stereocenters. The Morgan fingerprint density at radius 1 is 1.08 bits per heavy atom. The highest BCUT2D eigenvalue weighted by Crippen LogP contribution is 2.29. The molecule has 0 fully saturated rings. The molecule has 0 aliphatic rings. The van der Waals surface area contributed by atoms with Crippen LogP contribution >= 0.6 is 0 Å². The molecule has 6 nitrogen and oxygen atoms in total. The molecule has 0 amide bonds. The average molecular weight is 358 g/mol. The van der Waals surface area contributed by atoms with Crippen molar-refractivity contribution in [2.45, 2.75) is 72.4 Å². The number of aromatic amines is 1. The van der Waals surface area contributed by atoms with Crippen molar-refractivity contribution in [1.29, 1.82) is 0 Å². The molecule has 0 saturated heterocycles. The molecule has 3 aromatic heterocycles. The van der Waals surface area contributed by atoms with Gasteiger partial charge < -0.3 is 15.0 Å². The number of hydrogen-bond acceptors (Lipinski definition) is 3. The molecular formula is C20H31N5O. The van der Waals surface area contributed by atoms with E-state index < -0.39 is 0 Å².